The predicted molar refractivity (Wildman–Crippen MR) is 69.8 cm³/mol. The van der Waals surface area contributed by atoms with Crippen molar-refractivity contribution in [3.63, 3.8) is 0 Å². The van der Waals surface area contributed by atoms with E-state index in [9.17, 15) is 9.18 Å². The molecule has 18 heavy (non-hydrogen) atoms. The fraction of sp³-hybridized carbons (Fsp3) is 0.417. The summed E-state index contributed by atoms with van der Waals surface area (Å²) < 4.78 is 13.3. The van der Waals surface area contributed by atoms with Gasteiger partial charge in [0.1, 0.15) is 5.82 Å². The summed E-state index contributed by atoms with van der Waals surface area (Å²) in [5, 5.41) is 6.13. The van der Waals surface area contributed by atoms with Gasteiger partial charge in [-0.25, -0.2) is 4.39 Å². The number of carbonyl (C=O) groups is 1. The minimum atomic E-state index is -0.642. The smallest absolute Gasteiger partial charge is 0.253 e. The van der Waals surface area contributed by atoms with Crippen LogP contribution in [0, 0.1) is 5.82 Å². The van der Waals surface area contributed by atoms with Gasteiger partial charge in [-0.05, 0) is 38.1 Å². The summed E-state index contributed by atoms with van der Waals surface area (Å²) in [6.07, 6.45) is 1.72. The standard InChI is InChI=1S/C12H13Cl2FN2O/c13-9-6-10(14)11(15)5-8(9)12(18)17-7-1-3-16-4-2-7/h5-7,16H,1-4H2,(H,17,18). The van der Waals surface area contributed by atoms with E-state index in [0.29, 0.717) is 0 Å². The van der Waals surface area contributed by atoms with Gasteiger partial charge in [0.15, 0.2) is 0 Å². The third-order valence-electron chi connectivity index (χ3n) is 2.93. The molecule has 3 nitrogen and oxygen atoms in total. The molecule has 1 amide bonds. The second-order valence-corrected chi connectivity index (χ2v) is 5.06. The molecule has 1 aliphatic heterocycles. The third-order valence-corrected chi connectivity index (χ3v) is 3.53. The van der Waals surface area contributed by atoms with E-state index < -0.39 is 5.82 Å². The van der Waals surface area contributed by atoms with Crippen LogP contribution in [0.2, 0.25) is 10.0 Å². The van der Waals surface area contributed by atoms with Crippen molar-refractivity contribution in [2.75, 3.05) is 13.1 Å². The average molecular weight is 291 g/mol. The van der Waals surface area contributed by atoms with Gasteiger partial charge < -0.3 is 10.6 Å². The molecule has 1 saturated heterocycles. The third kappa shape index (κ3) is 3.13. The number of amides is 1. The van der Waals surface area contributed by atoms with Crippen LogP contribution in [0.25, 0.3) is 0 Å². The lowest BCUT2D eigenvalue weighted by Crippen LogP contribution is -2.42. The fourth-order valence-corrected chi connectivity index (χ4v) is 2.39. The molecular weight excluding hydrogens is 278 g/mol. The zero-order chi connectivity index (χ0) is 13.1. The van der Waals surface area contributed by atoms with Crippen molar-refractivity contribution in [1.82, 2.24) is 10.6 Å². The van der Waals surface area contributed by atoms with E-state index in [1.54, 1.807) is 0 Å². The van der Waals surface area contributed by atoms with Crippen molar-refractivity contribution in [3.8, 4) is 0 Å². The minimum absolute atomic E-state index is 0.0848. The summed E-state index contributed by atoms with van der Waals surface area (Å²) in [4.78, 5) is 12.0. The van der Waals surface area contributed by atoms with Crippen LogP contribution in [-0.4, -0.2) is 25.0 Å². The molecule has 0 atom stereocenters. The van der Waals surface area contributed by atoms with Crippen LogP contribution in [-0.2, 0) is 0 Å². The van der Waals surface area contributed by atoms with Crippen molar-refractivity contribution in [2.45, 2.75) is 18.9 Å². The minimum Gasteiger partial charge on any atom is -0.349 e. The summed E-state index contributed by atoms with van der Waals surface area (Å²) in [5.41, 5.74) is 0.122. The zero-order valence-electron chi connectivity index (χ0n) is 9.60. The van der Waals surface area contributed by atoms with Gasteiger partial charge in [0, 0.05) is 6.04 Å². The van der Waals surface area contributed by atoms with Gasteiger partial charge in [0.2, 0.25) is 0 Å². The normalized spacial score (nSPS) is 16.6. The van der Waals surface area contributed by atoms with Gasteiger partial charge in [-0.3, -0.25) is 4.79 Å². The Morgan fingerprint density at radius 3 is 2.61 bits per heavy atom. The highest BCUT2D eigenvalue weighted by atomic mass is 35.5. The molecule has 1 aromatic rings. The summed E-state index contributed by atoms with van der Waals surface area (Å²) in [6, 6.07) is 2.42. The lowest BCUT2D eigenvalue weighted by atomic mass is 10.1. The summed E-state index contributed by atoms with van der Waals surface area (Å²) >= 11 is 11.5. The molecule has 2 rings (SSSR count). The van der Waals surface area contributed by atoms with Gasteiger partial charge in [0.05, 0.1) is 15.6 Å². The number of hydrogen-bond donors (Lipinski definition) is 2. The molecule has 0 radical (unpaired) electrons. The van der Waals surface area contributed by atoms with Gasteiger partial charge in [-0.2, -0.15) is 0 Å². The maximum atomic E-state index is 13.3. The lowest BCUT2D eigenvalue weighted by Gasteiger charge is -2.23. The Morgan fingerprint density at radius 1 is 1.28 bits per heavy atom. The van der Waals surface area contributed by atoms with E-state index in [1.165, 1.54) is 6.07 Å². The molecule has 1 aliphatic rings. The quantitative estimate of drug-likeness (QED) is 0.822. The number of carbonyl (C=O) groups excluding carboxylic acids is 1. The van der Waals surface area contributed by atoms with E-state index in [1.807, 2.05) is 0 Å². The van der Waals surface area contributed by atoms with Crippen LogP contribution in [0.5, 0.6) is 0 Å². The van der Waals surface area contributed by atoms with Gasteiger partial charge in [0.25, 0.3) is 5.91 Å². The first-order valence-electron chi connectivity index (χ1n) is 5.74. The van der Waals surface area contributed by atoms with Crippen molar-refractivity contribution in [1.29, 1.82) is 0 Å². The summed E-state index contributed by atoms with van der Waals surface area (Å²) in [7, 11) is 0. The highest BCUT2D eigenvalue weighted by Gasteiger charge is 2.19. The Kier molecular flexibility index (Phi) is 4.43. The number of hydrogen-bond acceptors (Lipinski definition) is 2. The number of nitrogens with one attached hydrogen (secondary N) is 2. The number of piperidine rings is 1. The first-order chi connectivity index (χ1) is 8.58. The Hall–Kier alpha value is -0.840. The molecule has 0 unspecified atom stereocenters. The van der Waals surface area contributed by atoms with E-state index in [-0.39, 0.29) is 27.6 Å². The monoisotopic (exact) mass is 290 g/mol. The molecule has 0 bridgehead atoms. The highest BCUT2D eigenvalue weighted by Crippen LogP contribution is 2.24. The predicted octanol–water partition coefficient (Wildman–Crippen LogP) is 2.61. The van der Waals surface area contributed by atoms with E-state index >= 15 is 0 Å². The zero-order valence-corrected chi connectivity index (χ0v) is 11.1. The van der Waals surface area contributed by atoms with E-state index in [2.05, 4.69) is 10.6 Å². The Morgan fingerprint density at radius 2 is 1.94 bits per heavy atom. The van der Waals surface area contributed by atoms with Crippen LogP contribution in [0.15, 0.2) is 12.1 Å². The second-order valence-electron chi connectivity index (χ2n) is 4.24. The lowest BCUT2D eigenvalue weighted by molar-refractivity contribution is 0.0929. The Bertz CT molecular complexity index is 462. The Balaban J connectivity index is 2.10. The van der Waals surface area contributed by atoms with Gasteiger partial charge in [-0.1, -0.05) is 23.2 Å². The molecule has 0 aliphatic carbocycles. The topological polar surface area (TPSA) is 41.1 Å². The first-order valence-corrected chi connectivity index (χ1v) is 6.49. The highest BCUT2D eigenvalue weighted by molar-refractivity contribution is 6.36. The van der Waals surface area contributed by atoms with Crippen molar-refractivity contribution >= 4 is 29.1 Å². The van der Waals surface area contributed by atoms with Gasteiger partial charge in [-0.15, -0.1) is 0 Å². The van der Waals surface area contributed by atoms with Gasteiger partial charge >= 0.3 is 0 Å². The maximum absolute atomic E-state index is 13.3. The van der Waals surface area contributed by atoms with Crippen LogP contribution >= 0.6 is 23.2 Å². The SMILES string of the molecule is O=C(NC1CCNCC1)c1cc(F)c(Cl)cc1Cl. The molecule has 0 saturated carbocycles. The van der Waals surface area contributed by atoms with Crippen molar-refractivity contribution < 1.29 is 9.18 Å². The fourth-order valence-electron chi connectivity index (χ4n) is 1.93. The summed E-state index contributed by atoms with van der Waals surface area (Å²) in [5.74, 6) is -1.00. The number of rotatable bonds is 2. The van der Waals surface area contributed by atoms with E-state index in [4.69, 9.17) is 23.2 Å². The van der Waals surface area contributed by atoms with Crippen LogP contribution in [0.3, 0.4) is 0 Å². The molecule has 2 N–H and O–H groups in total. The van der Waals surface area contributed by atoms with Crippen molar-refractivity contribution in [2.24, 2.45) is 0 Å². The van der Waals surface area contributed by atoms with Crippen LogP contribution in [0.4, 0.5) is 4.39 Å². The van der Waals surface area contributed by atoms with Crippen LogP contribution < -0.4 is 10.6 Å². The van der Waals surface area contributed by atoms with E-state index in [0.717, 1.165) is 32.0 Å². The second kappa shape index (κ2) is 5.87. The maximum Gasteiger partial charge on any atom is 0.253 e. The van der Waals surface area contributed by atoms with Crippen molar-refractivity contribution in [3.05, 3.63) is 33.6 Å². The van der Waals surface area contributed by atoms with Crippen LogP contribution in [0.1, 0.15) is 23.2 Å². The number of halogens is 3. The molecule has 0 aromatic heterocycles. The average Bonchev–Trinajstić information content (AvgIpc) is 2.35. The Labute approximate surface area is 115 Å². The molecule has 98 valence electrons. The molecule has 0 spiro atoms. The summed E-state index contributed by atoms with van der Waals surface area (Å²) in [6.45, 7) is 1.74. The largest absolute Gasteiger partial charge is 0.349 e. The molecule has 1 heterocycles. The first kappa shape index (κ1) is 13.6. The molecule has 1 aromatic carbocycles. The number of benzene rings is 1. The molecule has 1 fully saturated rings. The molecular formula is C12H13Cl2FN2O. The molecule has 6 heteroatoms.